The third-order valence-electron chi connectivity index (χ3n) is 4.79. The average molecular weight is 377 g/mol. The van der Waals surface area contributed by atoms with Gasteiger partial charge in [-0.15, -0.1) is 0 Å². The van der Waals surface area contributed by atoms with E-state index in [9.17, 15) is 9.18 Å². The lowest BCUT2D eigenvalue weighted by Crippen LogP contribution is -2.32. The van der Waals surface area contributed by atoms with Crippen LogP contribution in [0.4, 0.5) is 4.39 Å². The van der Waals surface area contributed by atoms with E-state index in [0.29, 0.717) is 22.9 Å². The maximum Gasteiger partial charge on any atom is 0.251 e. The molecule has 1 aliphatic carbocycles. The number of ether oxygens (including phenoxy) is 1. The third kappa shape index (κ3) is 4.34. The first-order valence-corrected chi connectivity index (χ1v) is 9.34. The molecule has 0 saturated heterocycles. The van der Waals surface area contributed by atoms with Crippen molar-refractivity contribution in [3.05, 3.63) is 72.3 Å². The highest BCUT2D eigenvalue weighted by Crippen LogP contribution is 2.25. The van der Waals surface area contributed by atoms with Gasteiger partial charge in [-0.2, -0.15) is 0 Å². The van der Waals surface area contributed by atoms with Crippen LogP contribution in [0.3, 0.4) is 0 Å². The second-order valence-electron chi connectivity index (χ2n) is 6.83. The number of hydrogen-bond acceptors (Lipinski definition) is 4. The molecule has 1 aliphatic rings. The van der Waals surface area contributed by atoms with Crippen molar-refractivity contribution in [2.45, 2.75) is 31.7 Å². The number of rotatable bonds is 5. The zero-order chi connectivity index (χ0) is 19.3. The van der Waals surface area contributed by atoms with Gasteiger partial charge in [-0.25, -0.2) is 14.4 Å². The molecule has 1 heterocycles. The molecule has 1 fully saturated rings. The summed E-state index contributed by atoms with van der Waals surface area (Å²) >= 11 is 0. The molecule has 0 atom stereocenters. The Morgan fingerprint density at radius 2 is 1.82 bits per heavy atom. The molecule has 0 unspecified atom stereocenters. The molecule has 1 aromatic heterocycles. The van der Waals surface area contributed by atoms with Gasteiger partial charge in [0.15, 0.2) is 0 Å². The van der Waals surface area contributed by atoms with Crippen LogP contribution in [-0.2, 0) is 0 Å². The van der Waals surface area contributed by atoms with Crippen LogP contribution in [0.2, 0.25) is 0 Å². The van der Waals surface area contributed by atoms with Crippen molar-refractivity contribution in [1.82, 2.24) is 15.3 Å². The van der Waals surface area contributed by atoms with Crippen molar-refractivity contribution >= 4 is 5.91 Å². The molecule has 28 heavy (non-hydrogen) atoms. The molecule has 4 rings (SSSR count). The Morgan fingerprint density at radius 1 is 1.04 bits per heavy atom. The van der Waals surface area contributed by atoms with E-state index in [2.05, 4.69) is 15.3 Å². The zero-order valence-electron chi connectivity index (χ0n) is 15.3. The number of nitrogens with zero attached hydrogens (tertiary/aromatic N) is 2. The van der Waals surface area contributed by atoms with Crippen LogP contribution >= 0.6 is 0 Å². The maximum atomic E-state index is 13.1. The van der Waals surface area contributed by atoms with Crippen LogP contribution in [0.15, 0.2) is 60.9 Å². The van der Waals surface area contributed by atoms with Crippen molar-refractivity contribution in [3.8, 4) is 22.9 Å². The first kappa shape index (κ1) is 18.1. The SMILES string of the molecule is O=C(NC1CCCC1)c1cccc(Oc2cc(-c3ccc(F)cc3)ncn2)c1. The van der Waals surface area contributed by atoms with Gasteiger partial charge in [-0.1, -0.05) is 18.9 Å². The number of aromatic nitrogens is 2. The number of carbonyl (C=O) groups excluding carboxylic acids is 1. The summed E-state index contributed by atoms with van der Waals surface area (Å²) in [5, 5.41) is 3.07. The monoisotopic (exact) mass is 377 g/mol. The second kappa shape index (κ2) is 8.17. The van der Waals surface area contributed by atoms with Crippen molar-refractivity contribution in [2.24, 2.45) is 0 Å². The predicted molar refractivity (Wildman–Crippen MR) is 104 cm³/mol. The topological polar surface area (TPSA) is 64.1 Å². The van der Waals surface area contributed by atoms with Crippen LogP contribution in [0.25, 0.3) is 11.3 Å². The number of benzene rings is 2. The standard InChI is InChI=1S/C22H20FN3O2/c23-17-10-8-15(9-11-17)20-13-21(25-14-24-20)28-19-7-3-4-16(12-19)22(27)26-18-5-1-2-6-18/h3-4,7-14,18H,1-2,5-6H2,(H,26,27). The minimum atomic E-state index is -0.304. The molecule has 2 aromatic carbocycles. The van der Waals surface area contributed by atoms with Crippen molar-refractivity contribution < 1.29 is 13.9 Å². The fraction of sp³-hybridized carbons (Fsp3) is 0.227. The summed E-state index contributed by atoms with van der Waals surface area (Å²) in [4.78, 5) is 20.8. The Hall–Kier alpha value is -3.28. The molecule has 5 nitrogen and oxygen atoms in total. The number of nitrogens with one attached hydrogen (secondary N) is 1. The van der Waals surface area contributed by atoms with E-state index >= 15 is 0 Å². The van der Waals surface area contributed by atoms with Gasteiger partial charge in [-0.05, 0) is 55.3 Å². The largest absolute Gasteiger partial charge is 0.439 e. The van der Waals surface area contributed by atoms with Crippen LogP contribution < -0.4 is 10.1 Å². The fourth-order valence-corrected chi connectivity index (χ4v) is 3.33. The zero-order valence-corrected chi connectivity index (χ0v) is 15.3. The summed E-state index contributed by atoms with van der Waals surface area (Å²) in [6, 6.07) is 15.0. The van der Waals surface area contributed by atoms with E-state index in [1.165, 1.54) is 18.5 Å². The molecule has 3 aromatic rings. The van der Waals surface area contributed by atoms with Gasteiger partial charge in [0.25, 0.3) is 5.91 Å². The van der Waals surface area contributed by atoms with Crippen LogP contribution in [0.5, 0.6) is 11.6 Å². The number of carbonyl (C=O) groups is 1. The highest BCUT2D eigenvalue weighted by molar-refractivity contribution is 5.94. The minimum Gasteiger partial charge on any atom is -0.439 e. The van der Waals surface area contributed by atoms with Crippen LogP contribution in [-0.4, -0.2) is 21.9 Å². The Bertz CT molecular complexity index is 970. The quantitative estimate of drug-likeness (QED) is 0.697. The van der Waals surface area contributed by atoms with Gasteiger partial charge in [0, 0.05) is 23.2 Å². The Kier molecular flexibility index (Phi) is 5.28. The van der Waals surface area contributed by atoms with Gasteiger partial charge >= 0.3 is 0 Å². The summed E-state index contributed by atoms with van der Waals surface area (Å²) in [6.45, 7) is 0. The molecule has 0 radical (unpaired) electrons. The van der Waals surface area contributed by atoms with Gasteiger partial charge in [0.1, 0.15) is 17.9 Å². The van der Waals surface area contributed by atoms with E-state index in [4.69, 9.17) is 4.74 Å². The molecular weight excluding hydrogens is 357 g/mol. The van der Waals surface area contributed by atoms with Crippen LogP contribution in [0, 0.1) is 5.82 Å². The van der Waals surface area contributed by atoms with Crippen LogP contribution in [0.1, 0.15) is 36.0 Å². The van der Waals surface area contributed by atoms with E-state index in [0.717, 1.165) is 31.2 Å². The lowest BCUT2D eigenvalue weighted by molar-refractivity contribution is 0.0937. The van der Waals surface area contributed by atoms with Crippen molar-refractivity contribution in [1.29, 1.82) is 0 Å². The molecular formula is C22H20FN3O2. The molecule has 1 saturated carbocycles. The lowest BCUT2D eigenvalue weighted by Gasteiger charge is -2.12. The highest BCUT2D eigenvalue weighted by atomic mass is 19.1. The van der Waals surface area contributed by atoms with Gasteiger partial charge in [-0.3, -0.25) is 4.79 Å². The summed E-state index contributed by atoms with van der Waals surface area (Å²) in [5.41, 5.74) is 1.94. The molecule has 1 amide bonds. The predicted octanol–water partition coefficient (Wildman–Crippen LogP) is 4.75. The Labute approximate surface area is 162 Å². The summed E-state index contributed by atoms with van der Waals surface area (Å²) in [5.74, 6) is 0.472. The molecule has 142 valence electrons. The molecule has 1 N–H and O–H groups in total. The van der Waals surface area contributed by atoms with Gasteiger partial charge < -0.3 is 10.1 Å². The first-order valence-electron chi connectivity index (χ1n) is 9.34. The fourth-order valence-electron chi connectivity index (χ4n) is 3.33. The van der Waals surface area contributed by atoms with E-state index in [1.807, 2.05) is 0 Å². The first-order chi connectivity index (χ1) is 13.7. The summed E-state index contributed by atoms with van der Waals surface area (Å²) < 4.78 is 18.9. The van der Waals surface area contributed by atoms with Crippen molar-refractivity contribution in [3.63, 3.8) is 0 Å². The van der Waals surface area contributed by atoms with E-state index in [-0.39, 0.29) is 17.8 Å². The molecule has 0 spiro atoms. The number of hydrogen-bond donors (Lipinski definition) is 1. The molecule has 0 aliphatic heterocycles. The highest BCUT2D eigenvalue weighted by Gasteiger charge is 2.18. The maximum absolute atomic E-state index is 13.1. The third-order valence-corrected chi connectivity index (χ3v) is 4.79. The van der Waals surface area contributed by atoms with E-state index in [1.54, 1.807) is 42.5 Å². The Balaban J connectivity index is 1.49. The normalized spacial score (nSPS) is 14.0. The molecule has 6 heteroatoms. The molecule has 0 bridgehead atoms. The van der Waals surface area contributed by atoms with E-state index < -0.39 is 0 Å². The second-order valence-corrected chi connectivity index (χ2v) is 6.83. The lowest BCUT2D eigenvalue weighted by atomic mass is 10.1. The van der Waals surface area contributed by atoms with Gasteiger partial charge in [0.05, 0.1) is 5.69 Å². The number of amides is 1. The smallest absolute Gasteiger partial charge is 0.251 e. The number of halogens is 1. The van der Waals surface area contributed by atoms with Crippen molar-refractivity contribution in [2.75, 3.05) is 0 Å². The van der Waals surface area contributed by atoms with Gasteiger partial charge in [0.2, 0.25) is 5.88 Å². The average Bonchev–Trinajstić information content (AvgIpc) is 3.22. The minimum absolute atomic E-state index is 0.0907. The summed E-state index contributed by atoms with van der Waals surface area (Å²) in [6.07, 6.45) is 5.80. The Morgan fingerprint density at radius 3 is 2.61 bits per heavy atom. The summed E-state index contributed by atoms with van der Waals surface area (Å²) in [7, 11) is 0.